The second-order valence-electron chi connectivity index (χ2n) is 3.93. The summed E-state index contributed by atoms with van der Waals surface area (Å²) in [5.74, 6) is 0.803. The fourth-order valence-corrected chi connectivity index (χ4v) is 1.81. The van der Waals surface area contributed by atoms with E-state index >= 15 is 0 Å². The minimum absolute atomic E-state index is 0.313. The summed E-state index contributed by atoms with van der Waals surface area (Å²) < 4.78 is 0. The van der Waals surface area contributed by atoms with E-state index in [0.717, 1.165) is 25.7 Å². The first-order valence-corrected chi connectivity index (χ1v) is 5.83. The number of allylic oxidation sites excluding steroid dienone is 2. The Morgan fingerprint density at radius 3 is 2.29 bits per heavy atom. The van der Waals surface area contributed by atoms with Crippen LogP contribution in [0.15, 0.2) is 11.6 Å². The van der Waals surface area contributed by atoms with Gasteiger partial charge in [-0.15, -0.1) is 0 Å². The molecule has 0 saturated carbocycles. The Kier molecular flexibility index (Phi) is 7.45. The van der Waals surface area contributed by atoms with Gasteiger partial charge < -0.3 is 4.79 Å². The van der Waals surface area contributed by atoms with Crippen LogP contribution in [0.3, 0.4) is 0 Å². The number of Topliss-reactive ketones (excluding diaryl/α,β-unsaturated/α-hetero) is 1. The molecule has 0 aromatic rings. The third-order valence-corrected chi connectivity index (χ3v) is 2.65. The molecule has 0 radical (unpaired) electrons. The van der Waals surface area contributed by atoms with Gasteiger partial charge in [0.2, 0.25) is 0 Å². The van der Waals surface area contributed by atoms with Gasteiger partial charge in [-0.3, -0.25) is 0 Å². The SMILES string of the molecule is CCCC=C(CC)C(CC)CC(C)=O. The summed E-state index contributed by atoms with van der Waals surface area (Å²) in [7, 11) is 0. The molecule has 0 saturated heterocycles. The maximum absolute atomic E-state index is 11.1. The van der Waals surface area contributed by atoms with Crippen LogP contribution in [0.2, 0.25) is 0 Å². The molecule has 1 atom stereocenters. The largest absolute Gasteiger partial charge is 0.300 e. The topological polar surface area (TPSA) is 17.1 Å². The van der Waals surface area contributed by atoms with E-state index in [-0.39, 0.29) is 0 Å². The molecule has 0 bridgehead atoms. The monoisotopic (exact) mass is 196 g/mol. The normalized spacial score (nSPS) is 14.1. The molecule has 1 heteroatoms. The molecule has 0 aromatic heterocycles. The van der Waals surface area contributed by atoms with Crippen LogP contribution >= 0.6 is 0 Å². The lowest BCUT2D eigenvalue weighted by atomic mass is 9.89. The van der Waals surface area contributed by atoms with Gasteiger partial charge in [0.15, 0.2) is 0 Å². The number of unbranched alkanes of at least 4 members (excludes halogenated alkanes) is 1. The van der Waals surface area contributed by atoms with Crippen molar-refractivity contribution in [3.05, 3.63) is 11.6 Å². The van der Waals surface area contributed by atoms with Crippen molar-refractivity contribution < 1.29 is 4.79 Å². The van der Waals surface area contributed by atoms with Gasteiger partial charge in [0.25, 0.3) is 0 Å². The van der Waals surface area contributed by atoms with Gasteiger partial charge in [-0.2, -0.15) is 0 Å². The molecule has 0 aliphatic carbocycles. The third kappa shape index (κ3) is 5.21. The van der Waals surface area contributed by atoms with Crippen molar-refractivity contribution in [2.45, 2.75) is 59.8 Å². The minimum Gasteiger partial charge on any atom is -0.300 e. The fraction of sp³-hybridized carbons (Fsp3) is 0.769. The van der Waals surface area contributed by atoms with Crippen molar-refractivity contribution in [3.8, 4) is 0 Å². The van der Waals surface area contributed by atoms with Gasteiger partial charge in [0.1, 0.15) is 5.78 Å². The van der Waals surface area contributed by atoms with Crippen molar-refractivity contribution in [1.82, 2.24) is 0 Å². The number of carbonyl (C=O) groups excluding carboxylic acids is 1. The van der Waals surface area contributed by atoms with Crippen LogP contribution in [0.5, 0.6) is 0 Å². The molecule has 0 heterocycles. The molecule has 0 fully saturated rings. The van der Waals surface area contributed by atoms with Crippen LogP contribution in [-0.4, -0.2) is 5.78 Å². The maximum Gasteiger partial charge on any atom is 0.130 e. The highest BCUT2D eigenvalue weighted by Gasteiger charge is 2.12. The number of carbonyl (C=O) groups is 1. The lowest BCUT2D eigenvalue weighted by molar-refractivity contribution is -0.117. The van der Waals surface area contributed by atoms with E-state index in [9.17, 15) is 4.79 Å². The Balaban J connectivity index is 4.35. The molecule has 0 aliphatic rings. The zero-order valence-corrected chi connectivity index (χ0v) is 10.1. The molecular formula is C13H24O. The summed E-state index contributed by atoms with van der Waals surface area (Å²) in [6.45, 7) is 8.23. The number of ketones is 1. The molecule has 1 nitrogen and oxygen atoms in total. The van der Waals surface area contributed by atoms with Crippen molar-refractivity contribution in [2.24, 2.45) is 5.92 Å². The standard InChI is InChI=1S/C13H24O/c1-5-8-9-12(6-2)13(7-3)10-11(4)14/h9,13H,5-8,10H2,1-4H3. The summed E-state index contributed by atoms with van der Waals surface area (Å²) in [6.07, 6.45) is 7.57. The smallest absolute Gasteiger partial charge is 0.130 e. The molecule has 0 rings (SSSR count). The summed E-state index contributed by atoms with van der Waals surface area (Å²) >= 11 is 0. The minimum atomic E-state index is 0.313. The van der Waals surface area contributed by atoms with E-state index in [2.05, 4.69) is 26.8 Å². The van der Waals surface area contributed by atoms with Crippen LogP contribution < -0.4 is 0 Å². The van der Waals surface area contributed by atoms with Gasteiger partial charge in [-0.05, 0) is 32.1 Å². The quantitative estimate of drug-likeness (QED) is 0.560. The molecule has 14 heavy (non-hydrogen) atoms. The Bertz CT molecular complexity index is 191. The Hall–Kier alpha value is -0.590. The predicted octanol–water partition coefficient (Wildman–Crippen LogP) is 4.13. The molecule has 1 unspecified atom stereocenters. The van der Waals surface area contributed by atoms with Crippen molar-refractivity contribution in [2.75, 3.05) is 0 Å². The lowest BCUT2D eigenvalue weighted by Gasteiger charge is -2.16. The van der Waals surface area contributed by atoms with Crippen molar-refractivity contribution >= 4 is 5.78 Å². The van der Waals surface area contributed by atoms with E-state index in [4.69, 9.17) is 0 Å². The van der Waals surface area contributed by atoms with E-state index in [1.807, 2.05) is 0 Å². The summed E-state index contributed by atoms with van der Waals surface area (Å²) in [4.78, 5) is 11.1. The third-order valence-electron chi connectivity index (χ3n) is 2.65. The van der Waals surface area contributed by atoms with Crippen LogP contribution in [0.1, 0.15) is 59.8 Å². The average molecular weight is 196 g/mol. The molecule has 0 N–H and O–H groups in total. The summed E-state index contributed by atoms with van der Waals surface area (Å²) in [5, 5.41) is 0. The van der Waals surface area contributed by atoms with Crippen LogP contribution in [0.25, 0.3) is 0 Å². The Labute approximate surface area is 88.6 Å². The van der Waals surface area contributed by atoms with Crippen LogP contribution in [-0.2, 0) is 4.79 Å². The molecule has 0 aromatic carbocycles. The second-order valence-corrected chi connectivity index (χ2v) is 3.93. The van der Waals surface area contributed by atoms with Gasteiger partial charge in [0.05, 0.1) is 0 Å². The molecule has 0 aliphatic heterocycles. The highest BCUT2D eigenvalue weighted by atomic mass is 16.1. The zero-order chi connectivity index (χ0) is 11.0. The highest BCUT2D eigenvalue weighted by molar-refractivity contribution is 5.76. The lowest BCUT2D eigenvalue weighted by Crippen LogP contribution is -2.07. The number of hydrogen-bond donors (Lipinski definition) is 0. The zero-order valence-electron chi connectivity index (χ0n) is 10.1. The molecule has 82 valence electrons. The first-order chi connectivity index (χ1) is 6.65. The Morgan fingerprint density at radius 2 is 1.93 bits per heavy atom. The van der Waals surface area contributed by atoms with Gasteiger partial charge in [-0.1, -0.05) is 38.8 Å². The first-order valence-electron chi connectivity index (χ1n) is 5.83. The number of rotatable bonds is 7. The second kappa shape index (κ2) is 7.78. The van der Waals surface area contributed by atoms with Gasteiger partial charge in [0, 0.05) is 6.42 Å². The molecule has 0 amide bonds. The maximum atomic E-state index is 11.1. The van der Waals surface area contributed by atoms with E-state index in [1.54, 1.807) is 6.92 Å². The highest BCUT2D eigenvalue weighted by Crippen LogP contribution is 2.23. The van der Waals surface area contributed by atoms with E-state index in [0.29, 0.717) is 11.7 Å². The van der Waals surface area contributed by atoms with Crippen molar-refractivity contribution in [1.29, 1.82) is 0 Å². The Morgan fingerprint density at radius 1 is 1.29 bits per heavy atom. The molecular weight excluding hydrogens is 172 g/mol. The van der Waals surface area contributed by atoms with E-state index in [1.165, 1.54) is 12.0 Å². The fourth-order valence-electron chi connectivity index (χ4n) is 1.81. The molecule has 0 spiro atoms. The van der Waals surface area contributed by atoms with Crippen LogP contribution in [0, 0.1) is 5.92 Å². The summed E-state index contributed by atoms with van der Waals surface area (Å²) in [5.41, 5.74) is 1.48. The number of hydrogen-bond acceptors (Lipinski definition) is 1. The van der Waals surface area contributed by atoms with Gasteiger partial charge in [-0.25, -0.2) is 0 Å². The summed E-state index contributed by atoms with van der Waals surface area (Å²) in [6, 6.07) is 0. The van der Waals surface area contributed by atoms with Crippen molar-refractivity contribution in [3.63, 3.8) is 0 Å². The first kappa shape index (κ1) is 13.4. The van der Waals surface area contributed by atoms with Crippen LogP contribution in [0.4, 0.5) is 0 Å². The van der Waals surface area contributed by atoms with Gasteiger partial charge >= 0.3 is 0 Å². The average Bonchev–Trinajstić information content (AvgIpc) is 2.16. The predicted molar refractivity (Wildman–Crippen MR) is 62.4 cm³/mol. The van der Waals surface area contributed by atoms with E-state index < -0.39 is 0 Å².